The molecule has 2 aromatic heterocycles. The second-order valence-corrected chi connectivity index (χ2v) is 7.04. The number of benzene rings is 1. The van der Waals surface area contributed by atoms with Crippen LogP contribution in [0.4, 0.5) is 0 Å². The number of hydrogen-bond acceptors (Lipinski definition) is 5. The molecule has 0 bridgehead atoms. The van der Waals surface area contributed by atoms with Crippen LogP contribution in [-0.2, 0) is 19.5 Å². The van der Waals surface area contributed by atoms with Gasteiger partial charge in [-0.25, -0.2) is 9.97 Å². The van der Waals surface area contributed by atoms with Gasteiger partial charge in [0, 0.05) is 37.6 Å². The minimum absolute atomic E-state index is 0.0706. The van der Waals surface area contributed by atoms with Crippen molar-refractivity contribution in [2.45, 2.75) is 38.9 Å². The Bertz CT molecular complexity index is 948. The highest BCUT2D eigenvalue weighted by atomic mass is 16.7. The van der Waals surface area contributed by atoms with Gasteiger partial charge in [0.05, 0.1) is 24.6 Å². The van der Waals surface area contributed by atoms with Crippen LogP contribution < -0.4 is 9.47 Å². The summed E-state index contributed by atoms with van der Waals surface area (Å²) in [6, 6.07) is 6.27. The number of ether oxygens (including phenoxy) is 2. The van der Waals surface area contributed by atoms with Gasteiger partial charge in [-0.15, -0.1) is 0 Å². The lowest BCUT2D eigenvalue weighted by Gasteiger charge is -2.35. The molecule has 7 heteroatoms. The fraction of sp³-hybridized carbons (Fsp3) is 0.400. The molecule has 1 atom stereocenters. The zero-order valence-corrected chi connectivity index (χ0v) is 15.4. The van der Waals surface area contributed by atoms with Crippen molar-refractivity contribution in [1.29, 1.82) is 0 Å². The molecule has 27 heavy (non-hydrogen) atoms. The van der Waals surface area contributed by atoms with Crippen LogP contribution in [0.25, 0.3) is 0 Å². The molecule has 0 amide bonds. The zero-order chi connectivity index (χ0) is 18.2. The summed E-state index contributed by atoms with van der Waals surface area (Å²) in [6.45, 7) is 5.21. The predicted molar refractivity (Wildman–Crippen MR) is 99.6 cm³/mol. The lowest BCUT2D eigenvalue weighted by Crippen LogP contribution is -2.36. The zero-order valence-electron chi connectivity index (χ0n) is 15.4. The number of nitrogens with zero attached hydrogens (tertiary/aromatic N) is 4. The van der Waals surface area contributed by atoms with Crippen molar-refractivity contribution < 1.29 is 9.47 Å². The number of hydrogen-bond donors (Lipinski definition) is 1. The summed E-state index contributed by atoms with van der Waals surface area (Å²) in [5.74, 6) is 2.71. The van der Waals surface area contributed by atoms with Gasteiger partial charge < -0.3 is 19.0 Å². The molecule has 0 unspecified atom stereocenters. The third-order valence-electron chi connectivity index (χ3n) is 5.35. The van der Waals surface area contributed by atoms with Gasteiger partial charge in [0.25, 0.3) is 0 Å². The van der Waals surface area contributed by atoms with Crippen molar-refractivity contribution >= 4 is 0 Å². The molecule has 1 aromatic carbocycles. The van der Waals surface area contributed by atoms with E-state index in [-0.39, 0.29) is 12.8 Å². The maximum Gasteiger partial charge on any atom is 0.231 e. The van der Waals surface area contributed by atoms with Gasteiger partial charge in [-0.2, -0.15) is 0 Å². The first-order chi connectivity index (χ1) is 13.3. The van der Waals surface area contributed by atoms with Crippen LogP contribution >= 0.6 is 0 Å². The Balaban J connectivity index is 1.51. The maximum atomic E-state index is 5.61. The molecule has 0 fully saturated rings. The Morgan fingerprint density at radius 2 is 2.15 bits per heavy atom. The average molecular weight is 365 g/mol. The summed E-state index contributed by atoms with van der Waals surface area (Å²) in [5.41, 5.74) is 3.47. The Morgan fingerprint density at radius 1 is 1.22 bits per heavy atom. The van der Waals surface area contributed by atoms with E-state index in [1.54, 1.807) is 6.33 Å². The molecular weight excluding hydrogens is 342 g/mol. The third kappa shape index (κ3) is 2.88. The van der Waals surface area contributed by atoms with Gasteiger partial charge in [-0.3, -0.25) is 4.90 Å². The average Bonchev–Trinajstić information content (AvgIpc) is 3.42. The molecule has 4 heterocycles. The minimum Gasteiger partial charge on any atom is -0.454 e. The van der Waals surface area contributed by atoms with Crippen molar-refractivity contribution in [1.82, 2.24) is 24.4 Å². The van der Waals surface area contributed by atoms with Crippen LogP contribution in [0.3, 0.4) is 0 Å². The normalized spacial score (nSPS) is 18.6. The fourth-order valence-corrected chi connectivity index (χ4v) is 4.06. The topological polar surface area (TPSA) is 68.2 Å². The van der Waals surface area contributed by atoms with Crippen molar-refractivity contribution in [3.05, 3.63) is 59.7 Å². The Morgan fingerprint density at radius 3 is 3.07 bits per heavy atom. The van der Waals surface area contributed by atoms with Gasteiger partial charge in [-0.1, -0.05) is 13.0 Å². The van der Waals surface area contributed by atoms with Gasteiger partial charge in [-0.05, 0) is 24.1 Å². The summed E-state index contributed by atoms with van der Waals surface area (Å²) in [7, 11) is 0. The third-order valence-corrected chi connectivity index (χ3v) is 5.35. The summed E-state index contributed by atoms with van der Waals surface area (Å²) < 4.78 is 13.3. The van der Waals surface area contributed by atoms with Crippen LogP contribution in [-0.4, -0.2) is 37.8 Å². The summed E-state index contributed by atoms with van der Waals surface area (Å²) >= 11 is 0. The molecule has 2 aliphatic heterocycles. The second kappa shape index (κ2) is 6.74. The van der Waals surface area contributed by atoms with Crippen molar-refractivity contribution in [3.63, 3.8) is 0 Å². The Hall–Kier alpha value is -2.80. The van der Waals surface area contributed by atoms with E-state index in [0.717, 1.165) is 55.5 Å². The van der Waals surface area contributed by atoms with Gasteiger partial charge >= 0.3 is 0 Å². The molecule has 7 nitrogen and oxygen atoms in total. The SMILES string of the molecule is CCCn1ccnc1CN1CCc2[nH]cnc2[C@@H]1c1ccc2c(c1)OCO2. The van der Waals surface area contributed by atoms with Gasteiger partial charge in [0.2, 0.25) is 6.79 Å². The molecule has 0 spiro atoms. The van der Waals surface area contributed by atoms with Crippen LogP contribution in [0.5, 0.6) is 11.5 Å². The molecule has 2 aliphatic rings. The first-order valence-electron chi connectivity index (χ1n) is 9.49. The Labute approximate surface area is 158 Å². The van der Waals surface area contributed by atoms with E-state index in [1.807, 2.05) is 12.3 Å². The van der Waals surface area contributed by atoms with Crippen LogP contribution in [0.1, 0.15) is 42.2 Å². The van der Waals surface area contributed by atoms with E-state index in [2.05, 4.69) is 49.7 Å². The maximum absolute atomic E-state index is 5.61. The van der Waals surface area contributed by atoms with Crippen molar-refractivity contribution in [2.24, 2.45) is 0 Å². The highest BCUT2D eigenvalue weighted by Crippen LogP contribution is 2.39. The number of aromatic amines is 1. The number of H-pyrrole nitrogens is 1. The fourth-order valence-electron chi connectivity index (χ4n) is 4.06. The Kier molecular flexibility index (Phi) is 4.09. The second-order valence-electron chi connectivity index (χ2n) is 7.04. The standard InChI is InChI=1S/C20H23N5O2/c1-2-7-24-9-6-21-18(24)11-25-8-5-15-19(23-12-22-15)20(25)14-3-4-16-17(10-14)27-13-26-16/h3-4,6,9-10,12,20H,2,5,7-8,11,13H2,1H3,(H,22,23)/t20-/m0/s1. The molecular formula is C20H23N5O2. The smallest absolute Gasteiger partial charge is 0.231 e. The number of aromatic nitrogens is 4. The molecule has 140 valence electrons. The first kappa shape index (κ1) is 16.4. The van der Waals surface area contributed by atoms with Crippen LogP contribution in [0.2, 0.25) is 0 Å². The molecule has 1 N–H and O–H groups in total. The summed E-state index contributed by atoms with van der Waals surface area (Å²) in [6.07, 6.45) is 7.82. The van der Waals surface area contributed by atoms with Crippen molar-refractivity contribution in [2.75, 3.05) is 13.3 Å². The molecule has 0 radical (unpaired) electrons. The number of rotatable bonds is 5. The largest absolute Gasteiger partial charge is 0.454 e. The highest BCUT2D eigenvalue weighted by Gasteiger charge is 2.32. The van der Waals surface area contributed by atoms with E-state index in [1.165, 1.54) is 11.3 Å². The summed E-state index contributed by atoms with van der Waals surface area (Å²) in [4.78, 5) is 15.0. The quantitative estimate of drug-likeness (QED) is 0.753. The number of nitrogens with one attached hydrogen (secondary N) is 1. The number of imidazole rings is 2. The molecule has 0 saturated carbocycles. The van der Waals surface area contributed by atoms with E-state index in [9.17, 15) is 0 Å². The molecule has 0 saturated heterocycles. The molecule has 3 aromatic rings. The van der Waals surface area contributed by atoms with E-state index in [4.69, 9.17) is 9.47 Å². The van der Waals surface area contributed by atoms with Crippen molar-refractivity contribution in [3.8, 4) is 11.5 Å². The summed E-state index contributed by atoms with van der Waals surface area (Å²) in [5, 5.41) is 0. The monoisotopic (exact) mass is 365 g/mol. The molecule has 0 aliphatic carbocycles. The lowest BCUT2D eigenvalue weighted by atomic mass is 9.95. The van der Waals surface area contributed by atoms with E-state index in [0.29, 0.717) is 0 Å². The number of fused-ring (bicyclic) bond motifs is 2. The van der Waals surface area contributed by atoms with Gasteiger partial charge in [0.1, 0.15) is 5.82 Å². The van der Waals surface area contributed by atoms with Gasteiger partial charge in [0.15, 0.2) is 11.5 Å². The first-order valence-corrected chi connectivity index (χ1v) is 9.49. The molecule has 5 rings (SSSR count). The number of aryl methyl sites for hydroxylation is 1. The van der Waals surface area contributed by atoms with E-state index < -0.39 is 0 Å². The van der Waals surface area contributed by atoms with Crippen LogP contribution in [0.15, 0.2) is 36.9 Å². The lowest BCUT2D eigenvalue weighted by molar-refractivity contribution is 0.173. The highest BCUT2D eigenvalue weighted by molar-refractivity contribution is 5.47. The predicted octanol–water partition coefficient (Wildman–Crippen LogP) is 2.89. The van der Waals surface area contributed by atoms with Crippen LogP contribution in [0, 0.1) is 0 Å². The van der Waals surface area contributed by atoms with E-state index >= 15 is 0 Å². The minimum atomic E-state index is 0.0706.